The molecule has 0 spiro atoms. The molecule has 0 atom stereocenters. The van der Waals surface area contributed by atoms with Gasteiger partial charge in [0.15, 0.2) is 5.69 Å². The third-order valence-electron chi connectivity index (χ3n) is 5.07. The smallest absolute Gasteiger partial charge is 0.392 e. The first-order valence-corrected chi connectivity index (χ1v) is 15.5. The minimum atomic E-state index is -0.715. The number of aromatic nitrogens is 6. The number of aliphatic hydroxyl groups is 4. The summed E-state index contributed by atoms with van der Waals surface area (Å²) >= 11 is 5.48. The minimum Gasteiger partial charge on any atom is -0.479 e. The van der Waals surface area contributed by atoms with E-state index >= 15 is 0 Å². The summed E-state index contributed by atoms with van der Waals surface area (Å²) in [5.41, 5.74) is 4.90. The maximum atomic E-state index is 10.8. The molecule has 0 unspecified atom stereocenters. The fourth-order valence-corrected chi connectivity index (χ4v) is 3.15. The van der Waals surface area contributed by atoms with Gasteiger partial charge in [0.2, 0.25) is 17.0 Å². The van der Waals surface area contributed by atoms with Crippen LogP contribution < -0.4 is 43.6 Å². The Bertz CT molecular complexity index is 1550. The molecule has 0 fully saturated rings. The van der Waals surface area contributed by atoms with Crippen molar-refractivity contribution < 1.29 is 77.7 Å². The second kappa shape index (κ2) is 30.2. The number of esters is 1. The Kier molecular flexibility index (Phi) is 28.0. The molecule has 3 rings (SSSR count). The highest BCUT2D eigenvalue weighted by atomic mass is 35.5. The van der Waals surface area contributed by atoms with Gasteiger partial charge in [0, 0.05) is 6.92 Å². The molecule has 56 heavy (non-hydrogen) atoms. The number of ether oxygens (including phenoxy) is 9. The second-order valence-electron chi connectivity index (χ2n) is 8.70. The Morgan fingerprint density at radius 3 is 1.14 bits per heavy atom. The van der Waals surface area contributed by atoms with Crippen LogP contribution in [0.4, 0.5) is 17.1 Å². The summed E-state index contributed by atoms with van der Waals surface area (Å²) in [6.07, 6.45) is 0. The Morgan fingerprint density at radius 2 is 0.929 bits per heavy atom. The Labute approximate surface area is 323 Å². The number of hydrogen-bond acceptors (Lipinski definition) is 25. The Balaban J connectivity index is 0. The number of anilines is 1. The average molecular weight is 830 g/mol. The monoisotopic (exact) mass is 829 g/mol. The van der Waals surface area contributed by atoms with Crippen LogP contribution in [-0.4, -0.2) is 155 Å². The van der Waals surface area contributed by atoms with Gasteiger partial charge in [-0.2, -0.15) is 29.9 Å². The lowest BCUT2D eigenvalue weighted by Gasteiger charge is -2.09. The molecule has 3 aromatic rings. The molecule has 28 heteroatoms. The van der Waals surface area contributed by atoms with E-state index < -0.39 is 21.2 Å². The van der Waals surface area contributed by atoms with E-state index in [1.54, 1.807) is 6.92 Å². The van der Waals surface area contributed by atoms with Crippen molar-refractivity contribution in [1.29, 1.82) is 0 Å². The minimum absolute atomic E-state index is 0.0376. The summed E-state index contributed by atoms with van der Waals surface area (Å²) in [4.78, 5) is 51.9. The quantitative estimate of drug-likeness (QED) is 0.0540. The van der Waals surface area contributed by atoms with Crippen LogP contribution in [0.1, 0.15) is 13.8 Å². The van der Waals surface area contributed by atoms with Gasteiger partial charge < -0.3 is 68.8 Å². The van der Waals surface area contributed by atoms with E-state index in [1.165, 1.54) is 49.6 Å². The number of nitro groups is 2. The van der Waals surface area contributed by atoms with Crippen molar-refractivity contribution in [2.75, 3.05) is 94.6 Å². The van der Waals surface area contributed by atoms with Crippen molar-refractivity contribution in [2.45, 2.75) is 13.8 Å². The normalized spacial score (nSPS) is 9.38. The molecule has 3 heterocycles. The van der Waals surface area contributed by atoms with Crippen molar-refractivity contribution >= 4 is 34.6 Å². The Hall–Kier alpha value is -6.16. The molecule has 0 bridgehead atoms. The molecule has 0 saturated heterocycles. The number of hydrogen-bond donors (Lipinski definition) is 5. The molecule has 27 nitrogen and oxygen atoms in total. The molecule has 316 valence electrons. The van der Waals surface area contributed by atoms with Gasteiger partial charge in [-0.15, -0.1) is 0 Å². The number of rotatable bonds is 16. The third kappa shape index (κ3) is 19.3. The highest BCUT2D eigenvalue weighted by molar-refractivity contribution is 6.28. The molecule has 3 aromatic heterocycles. The van der Waals surface area contributed by atoms with Gasteiger partial charge in [0.1, 0.15) is 13.2 Å². The number of nitrogens with two attached hydrogens (primary N) is 1. The van der Waals surface area contributed by atoms with Gasteiger partial charge in [-0.3, -0.25) is 25.0 Å². The van der Waals surface area contributed by atoms with Crippen LogP contribution in [0, 0.1) is 20.2 Å². The second-order valence-corrected chi connectivity index (χ2v) is 9.04. The average Bonchev–Trinajstić information content (AvgIpc) is 3.19. The van der Waals surface area contributed by atoms with Crippen molar-refractivity contribution in [3.8, 4) is 47.3 Å². The number of halogens is 1. The first-order chi connectivity index (χ1) is 26.6. The van der Waals surface area contributed by atoms with Crippen molar-refractivity contribution in [3.63, 3.8) is 0 Å². The first kappa shape index (κ1) is 51.9. The van der Waals surface area contributed by atoms with Gasteiger partial charge in [-0.05, 0) is 18.5 Å². The third-order valence-corrected chi connectivity index (χ3v) is 5.23. The largest absolute Gasteiger partial charge is 0.479 e. The van der Waals surface area contributed by atoms with E-state index in [-0.39, 0.29) is 104 Å². The predicted octanol–water partition coefficient (Wildman–Crippen LogP) is -0.184. The van der Waals surface area contributed by atoms with Crippen LogP contribution in [0.25, 0.3) is 0 Å². The maximum absolute atomic E-state index is 10.8. The summed E-state index contributed by atoms with van der Waals surface area (Å²) in [7, 11) is 7.79. The SMILES string of the molecule is CCOC(C)=O.COc1nc(Cl)nc(OC)c1[N+](=O)[O-].COc1nc(OCCO)nc(OC)c1N.COc1nc(OCCO)nc(OC)c1[N+](=O)[O-].OCCO. The van der Waals surface area contributed by atoms with E-state index in [2.05, 4.69) is 44.1 Å². The Morgan fingerprint density at radius 1 is 0.625 bits per heavy atom. The van der Waals surface area contributed by atoms with Crippen LogP contribution in [0.2, 0.25) is 5.28 Å². The number of nitrogens with zero attached hydrogens (tertiary/aromatic N) is 8. The molecule has 0 aliphatic heterocycles. The van der Waals surface area contributed by atoms with Crippen LogP contribution in [0.5, 0.6) is 47.3 Å². The summed E-state index contributed by atoms with van der Waals surface area (Å²) in [6.45, 7) is 3.10. The van der Waals surface area contributed by atoms with Crippen molar-refractivity contribution in [2.24, 2.45) is 0 Å². The van der Waals surface area contributed by atoms with Crippen LogP contribution in [0.3, 0.4) is 0 Å². The van der Waals surface area contributed by atoms with E-state index in [1.807, 2.05) is 0 Å². The fraction of sp³-hybridized carbons (Fsp3) is 0.536. The van der Waals surface area contributed by atoms with E-state index in [9.17, 15) is 25.0 Å². The number of aliphatic hydroxyl groups excluding tert-OH is 4. The lowest BCUT2D eigenvalue weighted by atomic mass is 10.5. The molecule has 0 aromatic carbocycles. The van der Waals surface area contributed by atoms with E-state index in [0.717, 1.165) is 0 Å². The standard InChI is InChI=1S/C8H11N3O6.C8H13N3O4.C6H6ClN3O4.C4H8O2.C2H6O2/c1-15-6-5(11(13)14)7(16-2)10-8(9-6)17-4-3-12;1-13-6-5(9)7(14-2)11-8(10-6)15-4-3-12;1-13-4-3(10(11)12)5(14-2)9-6(7)8-4;1-3-6-4(2)5;3-1-2-4/h12H,3-4H2,1-2H3;12H,3-4,9H2,1-2H3;1-2H3;3H2,1-2H3;3-4H,1-2H2. The summed E-state index contributed by atoms with van der Waals surface area (Å²) in [5, 5.41) is 53.6. The molecule has 0 radical (unpaired) electrons. The summed E-state index contributed by atoms with van der Waals surface area (Å²) in [6, 6.07) is -0.120. The zero-order chi connectivity index (χ0) is 43.2. The van der Waals surface area contributed by atoms with Crippen molar-refractivity contribution in [1.82, 2.24) is 29.9 Å². The van der Waals surface area contributed by atoms with Crippen LogP contribution in [-0.2, 0) is 9.53 Å². The first-order valence-electron chi connectivity index (χ1n) is 15.2. The number of methoxy groups -OCH3 is 6. The van der Waals surface area contributed by atoms with Crippen LogP contribution in [0.15, 0.2) is 0 Å². The van der Waals surface area contributed by atoms with Gasteiger partial charge >= 0.3 is 52.9 Å². The predicted molar refractivity (Wildman–Crippen MR) is 190 cm³/mol. The number of carbonyl (C=O) groups is 1. The van der Waals surface area contributed by atoms with Gasteiger partial charge in [0.25, 0.3) is 0 Å². The molecular formula is C28H44ClN9O18. The molecular weight excluding hydrogens is 786 g/mol. The lowest BCUT2D eigenvalue weighted by molar-refractivity contribution is -0.387. The fourth-order valence-electron chi connectivity index (χ4n) is 3.00. The topological polar surface area (TPSA) is 371 Å². The van der Waals surface area contributed by atoms with Gasteiger partial charge in [0.05, 0.1) is 85.5 Å². The van der Waals surface area contributed by atoms with Crippen LogP contribution >= 0.6 is 11.6 Å². The zero-order valence-corrected chi connectivity index (χ0v) is 32.2. The maximum Gasteiger partial charge on any atom is 0.392 e. The summed E-state index contributed by atoms with van der Waals surface area (Å²) in [5.74, 6) is -0.856. The van der Waals surface area contributed by atoms with E-state index in [4.69, 9.17) is 66.2 Å². The van der Waals surface area contributed by atoms with Gasteiger partial charge in [-0.1, -0.05) is 0 Å². The molecule has 0 aliphatic rings. The van der Waals surface area contributed by atoms with Gasteiger partial charge in [-0.25, -0.2) is 0 Å². The zero-order valence-electron chi connectivity index (χ0n) is 31.5. The molecule has 0 aliphatic carbocycles. The molecule has 6 N–H and O–H groups in total. The highest BCUT2D eigenvalue weighted by Crippen LogP contribution is 2.35. The van der Waals surface area contributed by atoms with E-state index in [0.29, 0.717) is 6.61 Å². The molecule has 0 saturated carbocycles. The summed E-state index contributed by atoms with van der Waals surface area (Å²) < 4.78 is 43.0. The lowest BCUT2D eigenvalue weighted by Crippen LogP contribution is -2.08. The number of carbonyl (C=O) groups excluding carboxylic acids is 1. The van der Waals surface area contributed by atoms with Crippen molar-refractivity contribution in [3.05, 3.63) is 25.5 Å². The number of nitrogen functional groups attached to an aromatic ring is 1. The molecule has 0 amide bonds. The highest BCUT2D eigenvalue weighted by Gasteiger charge is 2.28.